The molecule has 4 aliphatic rings. The summed E-state index contributed by atoms with van der Waals surface area (Å²) in [4.78, 5) is 79.1. The number of aliphatic hydroxyl groups excluding tert-OH is 1. The van der Waals surface area contributed by atoms with Gasteiger partial charge in [0.15, 0.2) is 5.83 Å². The molecule has 81 heavy (non-hydrogen) atoms. The van der Waals surface area contributed by atoms with Crippen LogP contribution < -0.4 is 25.2 Å². The molecule has 19 nitrogen and oxygen atoms in total. The molecule has 6 atom stereocenters. The van der Waals surface area contributed by atoms with Gasteiger partial charge in [0.25, 0.3) is 5.91 Å². The van der Waals surface area contributed by atoms with Crippen molar-refractivity contribution in [1.82, 2.24) is 40.3 Å². The van der Waals surface area contributed by atoms with Crippen molar-refractivity contribution in [3.8, 4) is 28.3 Å². The summed E-state index contributed by atoms with van der Waals surface area (Å²) in [5, 5.41) is 39.1. The van der Waals surface area contributed by atoms with Gasteiger partial charge in [-0.05, 0) is 87.0 Å². The van der Waals surface area contributed by atoms with Crippen LogP contribution in [0.25, 0.3) is 21.2 Å². The number of hydrogen-bond acceptors (Lipinski definition) is 16. The molecule has 4 amide bonds. The average Bonchev–Trinajstić information content (AvgIpc) is 4.19. The average molecular weight is 1130 g/mol. The molecule has 3 aromatic carbocycles. The summed E-state index contributed by atoms with van der Waals surface area (Å²) in [6, 6.07) is 18.8. The van der Waals surface area contributed by atoms with E-state index in [2.05, 4.69) is 38.1 Å². The number of piperazine rings is 1. The number of nitrogens with one attached hydrogen (secondary N) is 2. The van der Waals surface area contributed by atoms with Crippen molar-refractivity contribution in [1.29, 1.82) is 5.26 Å². The van der Waals surface area contributed by atoms with Crippen LogP contribution in [-0.4, -0.2) is 159 Å². The van der Waals surface area contributed by atoms with Gasteiger partial charge in [-0.15, -0.1) is 11.3 Å². The summed E-state index contributed by atoms with van der Waals surface area (Å²) >= 11 is 1.57. The molecule has 6 heterocycles. The van der Waals surface area contributed by atoms with E-state index in [1.807, 2.05) is 100 Å². The number of nitriles is 1. The van der Waals surface area contributed by atoms with Gasteiger partial charge in [0.05, 0.1) is 65.6 Å². The normalized spacial score (nSPS) is 20.1. The highest BCUT2D eigenvalue weighted by Gasteiger charge is 2.45. The van der Waals surface area contributed by atoms with Gasteiger partial charge < -0.3 is 49.9 Å². The molecular weight excluding hydrogens is 1050 g/mol. The Labute approximate surface area is 476 Å². The highest BCUT2D eigenvalue weighted by Crippen LogP contribution is 2.38. The zero-order chi connectivity index (χ0) is 57.7. The van der Waals surface area contributed by atoms with E-state index in [0.717, 1.165) is 75.3 Å². The maximum absolute atomic E-state index is 14.3. The Hall–Kier alpha value is -7.25. The maximum atomic E-state index is 14.3. The number of halogens is 1. The molecule has 3 saturated heterocycles. The van der Waals surface area contributed by atoms with Crippen molar-refractivity contribution in [3.63, 3.8) is 0 Å². The number of rotatable bonds is 18. The van der Waals surface area contributed by atoms with Crippen LogP contribution >= 0.6 is 11.3 Å². The molecule has 9 rings (SSSR count). The highest BCUT2D eigenvalue weighted by molar-refractivity contribution is 7.13. The van der Waals surface area contributed by atoms with Crippen LogP contribution in [0.3, 0.4) is 0 Å². The van der Waals surface area contributed by atoms with Crippen LogP contribution in [0.5, 0.6) is 11.8 Å². The van der Waals surface area contributed by atoms with E-state index in [1.54, 1.807) is 23.5 Å². The number of β-amino-alcohol motifs (C(OH)–C–C–N with tert-alkyl or cyclic N) is 1. The van der Waals surface area contributed by atoms with Crippen LogP contribution in [0.1, 0.15) is 88.9 Å². The summed E-state index contributed by atoms with van der Waals surface area (Å²) in [6.07, 6.45) is 1.08. The van der Waals surface area contributed by atoms with E-state index in [0.29, 0.717) is 45.0 Å². The first-order chi connectivity index (χ1) is 38.7. The minimum atomic E-state index is -1.07. The number of benzene rings is 3. The molecule has 5 aromatic rings. The van der Waals surface area contributed by atoms with Crippen molar-refractivity contribution in [2.24, 2.45) is 11.3 Å². The van der Waals surface area contributed by atoms with Crippen LogP contribution in [0, 0.1) is 29.6 Å². The van der Waals surface area contributed by atoms with Crippen LogP contribution in [0.2, 0.25) is 0 Å². The van der Waals surface area contributed by atoms with E-state index in [1.165, 1.54) is 9.80 Å². The molecular formula is C60H74FN11O8S. The van der Waals surface area contributed by atoms with Gasteiger partial charge in [-0.1, -0.05) is 75.9 Å². The molecule has 4 aliphatic heterocycles. The number of phenolic OH excluding ortho intramolecular Hbond substituents is 1. The number of carbonyl (C=O) groups excluding carboxylic acids is 4. The molecule has 430 valence electrons. The first kappa shape index (κ1) is 58.4. The topological polar surface area (TPSA) is 230 Å². The number of ether oxygens (including phenoxy) is 2. The zero-order valence-electron chi connectivity index (χ0n) is 47.1. The lowest BCUT2D eigenvalue weighted by Crippen LogP contribution is -2.58. The van der Waals surface area contributed by atoms with Crippen molar-refractivity contribution < 1.29 is 43.3 Å². The molecule has 0 radical (unpaired) electrons. The third kappa shape index (κ3) is 13.7. The van der Waals surface area contributed by atoms with E-state index in [-0.39, 0.29) is 74.8 Å². The standard InChI is InChI=1S/C60H74FN11O8S/c1-36(80-59-65-49-32-69(50-27-45(73)26-43-10-8-9-11-47(43)50)23-19-48(49)55(67-59)70-24-25-71(57(77)37(2)61)44(30-70)16-20-62)29-68-21-17-40(18-22-68)33-79-34-52(75)66-54(60(5,6)7)58(78)72-31-46(74)28-51(72)56(76)64-38(3)41-12-14-42(15-13-41)53-39(4)63-35-81-53/h8-15,26-27,35-36,38,40,44,46,51,54,73-74H,2,16-19,21-25,28-34H2,1,3-7H3,(H,64,76)(H,66,75)/t36-,38+,44+,46-,51+,54-/m1/s1. The van der Waals surface area contributed by atoms with Gasteiger partial charge in [0, 0.05) is 68.4 Å². The number of aromatic hydroxyl groups is 1. The fourth-order valence-corrected chi connectivity index (χ4v) is 12.5. The van der Waals surface area contributed by atoms with E-state index in [4.69, 9.17) is 19.4 Å². The number of carbonyl (C=O) groups is 4. The number of aryl methyl sites for hydroxylation is 1. The SMILES string of the molecule is C=C(F)C(=O)N1CCN(c2nc(O[C@H](C)CN3CCC(COCC(=O)N[C@H](C(=O)N4C[C@H](O)C[C@H]4C(=O)N[C@@H](C)c4ccc(-c5scnc5C)cc4)C(C)(C)C)CC3)nc3c2CCN(c2cc(O)cc4ccccc24)C3)C[C@@H]1CC#N. The van der Waals surface area contributed by atoms with Crippen molar-refractivity contribution in [3.05, 3.63) is 101 Å². The smallest absolute Gasteiger partial charge is 0.318 e. The number of piperidine rings is 1. The number of aliphatic hydroxyl groups is 1. The Bertz CT molecular complexity index is 3160. The molecule has 0 aliphatic carbocycles. The lowest BCUT2D eigenvalue weighted by atomic mass is 9.85. The first-order valence-electron chi connectivity index (χ1n) is 27.9. The predicted octanol–water partition coefficient (Wildman–Crippen LogP) is 6.61. The first-order valence-corrected chi connectivity index (χ1v) is 28.8. The number of anilines is 2. The Balaban J connectivity index is 0.780. The van der Waals surface area contributed by atoms with Crippen LogP contribution in [0.15, 0.2) is 78.6 Å². The van der Waals surface area contributed by atoms with Gasteiger partial charge in [0.1, 0.15) is 36.4 Å². The van der Waals surface area contributed by atoms with Crippen molar-refractivity contribution in [2.75, 3.05) is 75.4 Å². The highest BCUT2D eigenvalue weighted by atomic mass is 32.1. The third-order valence-electron chi connectivity index (χ3n) is 16.0. The number of likely N-dealkylation sites (tertiary alicyclic amines) is 2. The number of thiazole rings is 1. The maximum Gasteiger partial charge on any atom is 0.318 e. The largest absolute Gasteiger partial charge is 0.508 e. The number of fused-ring (bicyclic) bond motifs is 2. The monoisotopic (exact) mass is 1130 g/mol. The number of phenols is 1. The lowest BCUT2D eigenvalue weighted by molar-refractivity contribution is -0.144. The Morgan fingerprint density at radius 3 is 2.42 bits per heavy atom. The van der Waals surface area contributed by atoms with Crippen LogP contribution in [-0.2, 0) is 36.9 Å². The lowest BCUT2D eigenvalue weighted by Gasteiger charge is -2.42. The number of hydrogen-bond donors (Lipinski definition) is 4. The summed E-state index contributed by atoms with van der Waals surface area (Å²) in [7, 11) is 0. The molecule has 2 aromatic heterocycles. The molecule has 0 saturated carbocycles. The second-order valence-corrected chi connectivity index (χ2v) is 23.9. The zero-order valence-corrected chi connectivity index (χ0v) is 47.9. The minimum Gasteiger partial charge on any atom is -0.508 e. The molecule has 21 heteroatoms. The molecule has 0 bridgehead atoms. The van der Waals surface area contributed by atoms with Gasteiger partial charge in [-0.25, -0.2) is 9.37 Å². The second kappa shape index (κ2) is 25.3. The van der Waals surface area contributed by atoms with E-state index in [9.17, 15) is 39.0 Å². The molecule has 3 fully saturated rings. The van der Waals surface area contributed by atoms with Crippen molar-refractivity contribution in [2.45, 2.75) is 117 Å². The fourth-order valence-electron chi connectivity index (χ4n) is 11.6. The Morgan fingerprint density at radius 1 is 0.963 bits per heavy atom. The van der Waals surface area contributed by atoms with Crippen molar-refractivity contribution >= 4 is 57.2 Å². The van der Waals surface area contributed by atoms with Gasteiger partial charge in [-0.3, -0.25) is 24.1 Å². The predicted molar refractivity (Wildman–Crippen MR) is 307 cm³/mol. The summed E-state index contributed by atoms with van der Waals surface area (Å²) in [6.45, 7) is 18.6. The number of amides is 4. The quantitative estimate of drug-likeness (QED) is 0.0677. The summed E-state index contributed by atoms with van der Waals surface area (Å²) in [5.41, 5.74) is 6.53. The van der Waals surface area contributed by atoms with Gasteiger partial charge >= 0.3 is 6.01 Å². The minimum absolute atomic E-state index is 0.00291. The summed E-state index contributed by atoms with van der Waals surface area (Å²) < 4.78 is 26.7. The van der Waals surface area contributed by atoms with Crippen LogP contribution in [0.4, 0.5) is 15.9 Å². The van der Waals surface area contributed by atoms with Gasteiger partial charge in [-0.2, -0.15) is 15.2 Å². The third-order valence-corrected chi connectivity index (χ3v) is 16.9. The van der Waals surface area contributed by atoms with Gasteiger partial charge in [0.2, 0.25) is 17.7 Å². The van der Waals surface area contributed by atoms with E-state index >= 15 is 0 Å². The fraction of sp³-hybridized carbons (Fsp3) is 0.500. The molecule has 0 unspecified atom stereocenters. The number of nitrogens with zero attached hydrogens (tertiary/aromatic N) is 9. The summed E-state index contributed by atoms with van der Waals surface area (Å²) in [5.74, 6) is -2.16. The molecule has 4 N–H and O–H groups in total. The Kier molecular flexibility index (Phi) is 18.2. The Morgan fingerprint density at radius 2 is 1.72 bits per heavy atom. The molecule has 0 spiro atoms. The second-order valence-electron chi connectivity index (χ2n) is 23.0. The number of aromatic nitrogens is 3. The van der Waals surface area contributed by atoms with E-state index < -0.39 is 53.2 Å².